The number of halogens is 3. The van der Waals surface area contributed by atoms with Crippen LogP contribution in [0.5, 0.6) is 5.88 Å². The predicted molar refractivity (Wildman–Crippen MR) is 42.8 cm³/mol. The minimum atomic E-state index is -4.71. The van der Waals surface area contributed by atoms with Crippen LogP contribution in [0.15, 0.2) is 12.3 Å². The van der Waals surface area contributed by atoms with Crippen molar-refractivity contribution >= 4 is 0 Å². The second kappa shape index (κ2) is 3.81. The van der Waals surface area contributed by atoms with Crippen molar-refractivity contribution in [1.82, 2.24) is 9.97 Å². The second-order valence-electron chi connectivity index (χ2n) is 2.96. The Hall–Kier alpha value is -1.33. The van der Waals surface area contributed by atoms with Gasteiger partial charge in [0.1, 0.15) is 5.82 Å². The summed E-state index contributed by atoms with van der Waals surface area (Å²) in [6.45, 7) is 3.57. The van der Waals surface area contributed by atoms with Gasteiger partial charge in [-0.15, -0.1) is 13.2 Å². The number of nitrogens with zero attached hydrogens (tertiary/aromatic N) is 2. The number of hydrogen-bond donors (Lipinski definition) is 0. The van der Waals surface area contributed by atoms with Gasteiger partial charge in [-0.05, 0) is 0 Å². The molecular formula is C8H9F3N2O. The van der Waals surface area contributed by atoms with E-state index < -0.39 is 12.2 Å². The Morgan fingerprint density at radius 3 is 2.50 bits per heavy atom. The molecule has 1 heterocycles. The molecule has 3 nitrogen and oxygen atoms in total. The normalized spacial score (nSPS) is 11.9. The molecular weight excluding hydrogens is 197 g/mol. The molecule has 0 saturated heterocycles. The Bertz CT molecular complexity index is 312. The fourth-order valence-electron chi connectivity index (χ4n) is 0.810. The smallest absolute Gasteiger partial charge is 0.388 e. The Labute approximate surface area is 78.9 Å². The molecule has 0 fully saturated rings. The molecule has 0 atom stereocenters. The molecule has 14 heavy (non-hydrogen) atoms. The zero-order valence-electron chi connectivity index (χ0n) is 7.67. The third-order valence-corrected chi connectivity index (χ3v) is 1.39. The number of rotatable bonds is 2. The zero-order chi connectivity index (χ0) is 10.8. The quantitative estimate of drug-likeness (QED) is 0.745. The van der Waals surface area contributed by atoms with Gasteiger partial charge in [0.15, 0.2) is 0 Å². The van der Waals surface area contributed by atoms with E-state index in [0.29, 0.717) is 5.82 Å². The van der Waals surface area contributed by atoms with Crippen molar-refractivity contribution in [2.45, 2.75) is 26.1 Å². The fourth-order valence-corrected chi connectivity index (χ4v) is 0.810. The highest BCUT2D eigenvalue weighted by Crippen LogP contribution is 2.21. The molecule has 0 radical (unpaired) electrons. The average Bonchev–Trinajstić information content (AvgIpc) is 2.01. The summed E-state index contributed by atoms with van der Waals surface area (Å²) in [4.78, 5) is 7.41. The van der Waals surface area contributed by atoms with Gasteiger partial charge in [0, 0.05) is 18.2 Å². The molecule has 1 rings (SSSR count). The number of hydrogen-bond acceptors (Lipinski definition) is 3. The molecule has 0 spiro atoms. The van der Waals surface area contributed by atoms with Crippen LogP contribution in [-0.2, 0) is 0 Å². The van der Waals surface area contributed by atoms with Crippen LogP contribution in [-0.4, -0.2) is 16.3 Å². The summed E-state index contributed by atoms with van der Waals surface area (Å²) >= 11 is 0. The molecule has 0 aliphatic heterocycles. The van der Waals surface area contributed by atoms with E-state index in [0.717, 1.165) is 6.07 Å². The first kappa shape index (κ1) is 10.7. The lowest BCUT2D eigenvalue weighted by molar-refractivity contribution is -0.276. The summed E-state index contributed by atoms with van der Waals surface area (Å²) in [5, 5.41) is 0. The molecule has 78 valence electrons. The van der Waals surface area contributed by atoms with E-state index in [4.69, 9.17) is 0 Å². The summed E-state index contributed by atoms with van der Waals surface area (Å²) in [7, 11) is 0. The van der Waals surface area contributed by atoms with Crippen LogP contribution in [0.3, 0.4) is 0 Å². The minimum Gasteiger partial charge on any atom is -0.388 e. The second-order valence-corrected chi connectivity index (χ2v) is 2.96. The number of alkyl halides is 3. The first-order chi connectivity index (χ1) is 6.38. The van der Waals surface area contributed by atoms with Gasteiger partial charge >= 0.3 is 6.36 Å². The van der Waals surface area contributed by atoms with Crippen molar-refractivity contribution in [2.24, 2.45) is 0 Å². The van der Waals surface area contributed by atoms with E-state index in [9.17, 15) is 13.2 Å². The van der Waals surface area contributed by atoms with Crippen molar-refractivity contribution in [1.29, 1.82) is 0 Å². The minimum absolute atomic E-state index is 0.0354. The summed E-state index contributed by atoms with van der Waals surface area (Å²) in [5.41, 5.74) is 0. The SMILES string of the molecule is CC(C)c1nccc(OC(F)(F)F)n1. The Balaban J connectivity index is 2.84. The van der Waals surface area contributed by atoms with Gasteiger partial charge in [0.05, 0.1) is 0 Å². The highest BCUT2D eigenvalue weighted by atomic mass is 19.4. The maximum atomic E-state index is 11.8. The molecule has 0 aliphatic carbocycles. The summed E-state index contributed by atoms with van der Waals surface area (Å²) in [6.07, 6.45) is -3.47. The van der Waals surface area contributed by atoms with Crippen molar-refractivity contribution < 1.29 is 17.9 Å². The van der Waals surface area contributed by atoms with Crippen LogP contribution in [0.1, 0.15) is 25.6 Å². The van der Waals surface area contributed by atoms with Gasteiger partial charge in [-0.1, -0.05) is 13.8 Å². The predicted octanol–water partition coefficient (Wildman–Crippen LogP) is 2.50. The summed E-state index contributed by atoms with van der Waals surface area (Å²) < 4.78 is 39.0. The maximum Gasteiger partial charge on any atom is 0.574 e. The van der Waals surface area contributed by atoms with Gasteiger partial charge in [-0.25, -0.2) is 4.98 Å². The lowest BCUT2D eigenvalue weighted by Gasteiger charge is -2.09. The third-order valence-electron chi connectivity index (χ3n) is 1.39. The fraction of sp³-hybridized carbons (Fsp3) is 0.500. The van der Waals surface area contributed by atoms with Crippen LogP contribution >= 0.6 is 0 Å². The van der Waals surface area contributed by atoms with E-state index in [1.54, 1.807) is 13.8 Å². The molecule has 0 unspecified atom stereocenters. The van der Waals surface area contributed by atoms with Crippen LogP contribution in [0, 0.1) is 0 Å². The van der Waals surface area contributed by atoms with Crippen molar-refractivity contribution in [2.75, 3.05) is 0 Å². The molecule has 6 heteroatoms. The molecule has 0 N–H and O–H groups in total. The molecule has 0 bridgehead atoms. The molecule has 0 saturated carbocycles. The summed E-state index contributed by atoms with van der Waals surface area (Å²) in [5.74, 6) is -0.185. The lowest BCUT2D eigenvalue weighted by Crippen LogP contribution is -2.18. The van der Waals surface area contributed by atoms with Crippen molar-refractivity contribution in [3.8, 4) is 5.88 Å². The Kier molecular flexibility index (Phi) is 2.93. The third kappa shape index (κ3) is 3.20. The van der Waals surface area contributed by atoms with Gasteiger partial charge < -0.3 is 4.74 Å². The first-order valence-corrected chi connectivity index (χ1v) is 3.97. The van der Waals surface area contributed by atoms with E-state index in [1.807, 2.05) is 0 Å². The standard InChI is InChI=1S/C8H9F3N2O/c1-5(2)7-12-4-3-6(13-7)14-8(9,10)11/h3-5H,1-2H3. The van der Waals surface area contributed by atoms with Gasteiger partial charge in [-0.3, -0.25) is 0 Å². The largest absolute Gasteiger partial charge is 0.574 e. The van der Waals surface area contributed by atoms with Crippen molar-refractivity contribution in [3.05, 3.63) is 18.1 Å². The Morgan fingerprint density at radius 2 is 2.00 bits per heavy atom. The maximum absolute atomic E-state index is 11.8. The van der Waals surface area contributed by atoms with Crippen LogP contribution in [0.4, 0.5) is 13.2 Å². The molecule has 0 aromatic carbocycles. The Morgan fingerprint density at radius 1 is 1.36 bits per heavy atom. The highest BCUT2D eigenvalue weighted by molar-refractivity contribution is 5.10. The first-order valence-electron chi connectivity index (χ1n) is 3.97. The van der Waals surface area contributed by atoms with Crippen LogP contribution in [0.25, 0.3) is 0 Å². The van der Waals surface area contributed by atoms with Crippen LogP contribution in [0.2, 0.25) is 0 Å². The monoisotopic (exact) mass is 206 g/mol. The van der Waals surface area contributed by atoms with E-state index >= 15 is 0 Å². The molecule has 1 aromatic heterocycles. The lowest BCUT2D eigenvalue weighted by atomic mass is 10.2. The topological polar surface area (TPSA) is 35.0 Å². The summed E-state index contributed by atoms with van der Waals surface area (Å²) in [6, 6.07) is 1.07. The van der Waals surface area contributed by atoms with Gasteiger partial charge in [0.2, 0.25) is 5.88 Å². The van der Waals surface area contributed by atoms with Crippen LogP contribution < -0.4 is 4.74 Å². The molecule has 0 aliphatic rings. The van der Waals surface area contributed by atoms with Gasteiger partial charge in [-0.2, -0.15) is 4.98 Å². The number of aromatic nitrogens is 2. The zero-order valence-corrected chi connectivity index (χ0v) is 7.67. The average molecular weight is 206 g/mol. The molecule has 0 amide bonds. The molecule has 1 aromatic rings. The van der Waals surface area contributed by atoms with E-state index in [-0.39, 0.29) is 5.92 Å². The van der Waals surface area contributed by atoms with Crippen molar-refractivity contribution in [3.63, 3.8) is 0 Å². The van der Waals surface area contributed by atoms with E-state index in [1.165, 1.54) is 6.20 Å². The number of ether oxygens (including phenoxy) is 1. The van der Waals surface area contributed by atoms with Gasteiger partial charge in [0.25, 0.3) is 0 Å². The highest BCUT2D eigenvalue weighted by Gasteiger charge is 2.31. The van der Waals surface area contributed by atoms with E-state index in [2.05, 4.69) is 14.7 Å².